The summed E-state index contributed by atoms with van der Waals surface area (Å²) >= 11 is 0. The van der Waals surface area contributed by atoms with Crippen molar-refractivity contribution in [3.05, 3.63) is 30.1 Å². The topological polar surface area (TPSA) is 51.8 Å². The molecule has 0 amide bonds. The Labute approximate surface area is 131 Å². The molecule has 0 aromatic carbocycles. The summed E-state index contributed by atoms with van der Waals surface area (Å²) < 4.78 is 4.05. The summed E-state index contributed by atoms with van der Waals surface area (Å²) in [6, 6.07) is 0. The summed E-state index contributed by atoms with van der Waals surface area (Å²) in [6.45, 7) is 4.43. The first kappa shape index (κ1) is 13.9. The van der Waals surface area contributed by atoms with Crippen molar-refractivity contribution in [2.45, 2.75) is 44.7 Å². The fourth-order valence-corrected chi connectivity index (χ4v) is 3.66. The predicted octanol–water partition coefficient (Wildman–Crippen LogP) is 1.80. The van der Waals surface area contributed by atoms with E-state index in [0.29, 0.717) is 0 Å². The minimum Gasteiger partial charge on any atom is -0.299 e. The van der Waals surface area contributed by atoms with E-state index < -0.39 is 0 Å². The number of likely N-dealkylation sites (tertiary alicyclic amines) is 1. The maximum Gasteiger partial charge on any atom is 0.137 e. The lowest BCUT2D eigenvalue weighted by atomic mass is 9.96. The Balaban J connectivity index is 1.32. The molecule has 4 rings (SSSR count). The van der Waals surface area contributed by atoms with Gasteiger partial charge in [0, 0.05) is 37.3 Å². The second-order valence-corrected chi connectivity index (χ2v) is 6.79. The molecule has 2 aromatic heterocycles. The molecule has 0 N–H and O–H groups in total. The van der Waals surface area contributed by atoms with E-state index in [-0.39, 0.29) is 0 Å². The Bertz CT molecular complexity index is 605. The van der Waals surface area contributed by atoms with Gasteiger partial charge in [0.1, 0.15) is 12.7 Å². The van der Waals surface area contributed by atoms with Crippen LogP contribution in [0.5, 0.6) is 0 Å². The van der Waals surface area contributed by atoms with Crippen molar-refractivity contribution >= 4 is 0 Å². The van der Waals surface area contributed by atoms with E-state index in [1.165, 1.54) is 50.0 Å². The van der Waals surface area contributed by atoms with Crippen LogP contribution in [0.1, 0.15) is 42.9 Å². The molecule has 2 fully saturated rings. The Morgan fingerprint density at radius 2 is 1.95 bits per heavy atom. The average molecular weight is 300 g/mol. The predicted molar refractivity (Wildman–Crippen MR) is 83.2 cm³/mol. The molecule has 1 aliphatic heterocycles. The van der Waals surface area contributed by atoms with E-state index in [2.05, 4.69) is 38.0 Å². The van der Waals surface area contributed by atoms with Gasteiger partial charge in [-0.3, -0.25) is 14.3 Å². The van der Waals surface area contributed by atoms with Gasteiger partial charge in [0.25, 0.3) is 0 Å². The smallest absolute Gasteiger partial charge is 0.137 e. The molecule has 0 radical (unpaired) electrons. The summed E-state index contributed by atoms with van der Waals surface area (Å²) in [6.07, 6.45) is 10.7. The van der Waals surface area contributed by atoms with Crippen LogP contribution in [0.15, 0.2) is 18.9 Å². The van der Waals surface area contributed by atoms with Gasteiger partial charge >= 0.3 is 0 Å². The molecule has 2 aromatic rings. The summed E-state index contributed by atoms with van der Waals surface area (Å²) in [5.41, 5.74) is 2.92. The van der Waals surface area contributed by atoms with Gasteiger partial charge in [0.2, 0.25) is 0 Å². The Hall–Kier alpha value is -1.69. The Morgan fingerprint density at radius 3 is 2.64 bits per heavy atom. The number of nitrogens with zero attached hydrogens (tertiary/aromatic N) is 6. The van der Waals surface area contributed by atoms with Crippen LogP contribution in [0.2, 0.25) is 0 Å². The zero-order valence-corrected chi connectivity index (χ0v) is 13.2. The summed E-state index contributed by atoms with van der Waals surface area (Å²) in [4.78, 5) is 6.61. The summed E-state index contributed by atoms with van der Waals surface area (Å²) in [7, 11) is 2.08. The molecule has 6 nitrogen and oxygen atoms in total. The van der Waals surface area contributed by atoms with Crippen molar-refractivity contribution in [1.29, 1.82) is 0 Å². The number of hydrogen-bond acceptors (Lipinski definition) is 4. The Kier molecular flexibility index (Phi) is 3.70. The van der Waals surface area contributed by atoms with E-state index in [1.807, 2.05) is 11.0 Å². The van der Waals surface area contributed by atoms with Gasteiger partial charge in [-0.15, -0.1) is 0 Å². The molecule has 1 aliphatic carbocycles. The fraction of sp³-hybridized carbons (Fsp3) is 0.688. The van der Waals surface area contributed by atoms with Crippen LogP contribution in [0.3, 0.4) is 0 Å². The minimum absolute atomic E-state index is 0.731. The maximum atomic E-state index is 4.48. The quantitative estimate of drug-likeness (QED) is 0.845. The van der Waals surface area contributed by atoms with Crippen molar-refractivity contribution in [3.8, 4) is 0 Å². The molecule has 0 spiro atoms. The molecule has 0 bridgehead atoms. The molecule has 1 saturated heterocycles. The second-order valence-electron chi connectivity index (χ2n) is 6.79. The zero-order chi connectivity index (χ0) is 14.9. The SMILES string of the molecule is Cn1ncc(CN2CCC(Cn3cncn3)CC2)c1C1CC1. The number of rotatable bonds is 5. The number of piperidine rings is 1. The maximum absolute atomic E-state index is 4.48. The fourth-order valence-electron chi connectivity index (χ4n) is 3.66. The first-order valence-electron chi connectivity index (χ1n) is 8.35. The van der Waals surface area contributed by atoms with Crippen molar-refractivity contribution < 1.29 is 0 Å². The van der Waals surface area contributed by atoms with Gasteiger partial charge in [-0.2, -0.15) is 10.2 Å². The highest BCUT2D eigenvalue weighted by atomic mass is 15.3. The molecule has 2 aliphatic rings. The van der Waals surface area contributed by atoms with Gasteiger partial charge < -0.3 is 0 Å². The molecule has 0 unspecified atom stereocenters. The van der Waals surface area contributed by atoms with Crippen LogP contribution < -0.4 is 0 Å². The third-order valence-corrected chi connectivity index (χ3v) is 5.04. The van der Waals surface area contributed by atoms with Gasteiger partial charge in [0.15, 0.2) is 0 Å². The van der Waals surface area contributed by atoms with Crippen molar-refractivity contribution in [1.82, 2.24) is 29.4 Å². The first-order valence-corrected chi connectivity index (χ1v) is 8.35. The lowest BCUT2D eigenvalue weighted by Gasteiger charge is -2.31. The molecule has 22 heavy (non-hydrogen) atoms. The molecular formula is C16H24N6. The largest absolute Gasteiger partial charge is 0.299 e. The van der Waals surface area contributed by atoms with Gasteiger partial charge in [0.05, 0.1) is 6.20 Å². The highest BCUT2D eigenvalue weighted by molar-refractivity contribution is 5.25. The second kappa shape index (κ2) is 5.83. The van der Waals surface area contributed by atoms with Crippen LogP contribution in [-0.2, 0) is 20.1 Å². The van der Waals surface area contributed by atoms with Crippen molar-refractivity contribution in [2.75, 3.05) is 13.1 Å². The number of hydrogen-bond donors (Lipinski definition) is 0. The van der Waals surface area contributed by atoms with E-state index in [1.54, 1.807) is 6.33 Å². The zero-order valence-electron chi connectivity index (χ0n) is 13.2. The lowest BCUT2D eigenvalue weighted by molar-refractivity contribution is 0.164. The van der Waals surface area contributed by atoms with Crippen LogP contribution in [-0.4, -0.2) is 42.5 Å². The van der Waals surface area contributed by atoms with Gasteiger partial charge in [-0.1, -0.05) is 0 Å². The van der Waals surface area contributed by atoms with Crippen molar-refractivity contribution in [2.24, 2.45) is 13.0 Å². The van der Waals surface area contributed by atoms with Gasteiger partial charge in [-0.05, 0) is 44.7 Å². The monoisotopic (exact) mass is 300 g/mol. The molecule has 6 heteroatoms. The first-order chi connectivity index (χ1) is 10.8. The average Bonchev–Trinajstić information content (AvgIpc) is 3.10. The van der Waals surface area contributed by atoms with Gasteiger partial charge in [-0.25, -0.2) is 4.98 Å². The molecular weight excluding hydrogens is 276 g/mol. The highest BCUT2D eigenvalue weighted by Gasteiger charge is 2.30. The third-order valence-electron chi connectivity index (χ3n) is 5.04. The van der Waals surface area contributed by atoms with Crippen LogP contribution in [0, 0.1) is 5.92 Å². The lowest BCUT2D eigenvalue weighted by Crippen LogP contribution is -2.34. The van der Waals surface area contributed by atoms with E-state index in [9.17, 15) is 0 Å². The highest BCUT2D eigenvalue weighted by Crippen LogP contribution is 2.41. The normalized spacial score (nSPS) is 20.6. The minimum atomic E-state index is 0.731. The molecule has 118 valence electrons. The number of aryl methyl sites for hydroxylation is 1. The van der Waals surface area contributed by atoms with Crippen LogP contribution >= 0.6 is 0 Å². The van der Waals surface area contributed by atoms with Crippen molar-refractivity contribution in [3.63, 3.8) is 0 Å². The molecule has 1 saturated carbocycles. The molecule has 3 heterocycles. The van der Waals surface area contributed by atoms with E-state index in [4.69, 9.17) is 0 Å². The Morgan fingerprint density at radius 1 is 1.14 bits per heavy atom. The van der Waals surface area contributed by atoms with E-state index >= 15 is 0 Å². The van der Waals surface area contributed by atoms with Crippen LogP contribution in [0.4, 0.5) is 0 Å². The number of aromatic nitrogens is 5. The standard InChI is InChI=1S/C16H24N6/c1-20-16(14-2-3-14)15(8-18-20)10-21-6-4-13(5-7-21)9-22-12-17-11-19-22/h8,11-14H,2-7,9-10H2,1H3. The molecule has 0 atom stereocenters. The third kappa shape index (κ3) is 2.92. The van der Waals surface area contributed by atoms with E-state index in [0.717, 1.165) is 24.9 Å². The summed E-state index contributed by atoms with van der Waals surface area (Å²) in [5, 5.41) is 8.70. The van der Waals surface area contributed by atoms with Crippen LogP contribution in [0.25, 0.3) is 0 Å². The summed E-state index contributed by atoms with van der Waals surface area (Å²) in [5.74, 6) is 1.50.